The van der Waals surface area contributed by atoms with Crippen molar-refractivity contribution in [3.05, 3.63) is 182 Å². The molecule has 0 aliphatic heterocycles. The predicted octanol–water partition coefficient (Wildman–Crippen LogP) is 11.6. The van der Waals surface area contributed by atoms with Crippen LogP contribution >= 0.6 is 0 Å². The molecule has 0 unspecified atom stereocenters. The Balaban J connectivity index is 1.14. The van der Waals surface area contributed by atoms with Crippen LogP contribution in [-0.2, 0) is 0 Å². The predicted molar refractivity (Wildman–Crippen MR) is 219 cm³/mol. The molecule has 0 N–H and O–H groups in total. The fraction of sp³-hybridized carbons (Fsp3) is 0. The summed E-state index contributed by atoms with van der Waals surface area (Å²) >= 11 is 0. The molecule has 10 aromatic rings. The molecule has 258 valence electrons. The van der Waals surface area contributed by atoms with E-state index in [9.17, 15) is 0 Å². The SMILES string of the molecule is c1ccc(-c2nc(-c3ccccc3)nc(-c3cccc(-c4cccc(-c5nc6ccccc6c6oc(-c7ccccn7)c(-c7ccccn7)c56)c4)c3)n2)cc1. The molecule has 0 aliphatic rings. The van der Waals surface area contributed by atoms with Gasteiger partial charge in [-0.05, 0) is 59.7 Å². The molecule has 0 radical (unpaired) electrons. The normalized spacial score (nSPS) is 11.3. The first-order chi connectivity index (χ1) is 27.3. The second kappa shape index (κ2) is 13.7. The Labute approximate surface area is 316 Å². The molecule has 0 aliphatic carbocycles. The molecule has 5 heterocycles. The Morgan fingerprint density at radius 2 is 0.891 bits per heavy atom. The number of hydrogen-bond acceptors (Lipinski definition) is 7. The van der Waals surface area contributed by atoms with Crippen molar-refractivity contribution >= 4 is 21.9 Å². The van der Waals surface area contributed by atoms with Gasteiger partial charge in [-0.15, -0.1) is 0 Å². The molecule has 55 heavy (non-hydrogen) atoms. The van der Waals surface area contributed by atoms with Crippen LogP contribution in [0.15, 0.2) is 187 Å². The third-order valence-electron chi connectivity index (χ3n) is 9.63. The molecule has 0 saturated heterocycles. The van der Waals surface area contributed by atoms with Gasteiger partial charge in [0.05, 0.1) is 27.9 Å². The van der Waals surface area contributed by atoms with Crippen LogP contribution in [0.5, 0.6) is 0 Å². The van der Waals surface area contributed by atoms with Crippen LogP contribution in [0.4, 0.5) is 0 Å². The summed E-state index contributed by atoms with van der Waals surface area (Å²) in [6, 6.07) is 56.7. The fourth-order valence-corrected chi connectivity index (χ4v) is 7.05. The highest BCUT2D eigenvalue weighted by Crippen LogP contribution is 2.46. The maximum Gasteiger partial charge on any atom is 0.164 e. The van der Waals surface area contributed by atoms with Gasteiger partial charge in [0.1, 0.15) is 11.3 Å². The zero-order valence-corrected chi connectivity index (χ0v) is 29.4. The average Bonchev–Trinajstić information content (AvgIpc) is 3.69. The third kappa shape index (κ3) is 5.99. The molecule has 0 bridgehead atoms. The quantitative estimate of drug-likeness (QED) is 0.163. The maximum absolute atomic E-state index is 6.82. The van der Waals surface area contributed by atoms with E-state index in [0.717, 1.165) is 77.9 Å². The summed E-state index contributed by atoms with van der Waals surface area (Å²) in [5, 5.41) is 1.81. The number of furan rings is 1. The van der Waals surface area contributed by atoms with Gasteiger partial charge in [-0.25, -0.2) is 19.9 Å². The number of para-hydroxylation sites is 1. The summed E-state index contributed by atoms with van der Waals surface area (Å²) in [6.45, 7) is 0. The van der Waals surface area contributed by atoms with Gasteiger partial charge >= 0.3 is 0 Å². The number of aromatic nitrogens is 6. The van der Waals surface area contributed by atoms with E-state index in [0.29, 0.717) is 23.2 Å². The van der Waals surface area contributed by atoms with Crippen molar-refractivity contribution in [2.75, 3.05) is 0 Å². The summed E-state index contributed by atoms with van der Waals surface area (Å²) in [7, 11) is 0. The second-order valence-electron chi connectivity index (χ2n) is 13.1. The van der Waals surface area contributed by atoms with E-state index >= 15 is 0 Å². The monoisotopic (exact) mass is 706 g/mol. The lowest BCUT2D eigenvalue weighted by atomic mass is 9.95. The molecule has 0 amide bonds. The average molecular weight is 707 g/mol. The molecule has 0 spiro atoms. The highest BCUT2D eigenvalue weighted by molar-refractivity contribution is 6.16. The Bertz CT molecular complexity index is 2910. The Hall–Kier alpha value is -7.64. The van der Waals surface area contributed by atoms with Crippen molar-refractivity contribution < 1.29 is 4.42 Å². The highest BCUT2D eigenvalue weighted by Gasteiger charge is 2.25. The zero-order valence-electron chi connectivity index (χ0n) is 29.4. The lowest BCUT2D eigenvalue weighted by Crippen LogP contribution is -2.00. The molecule has 0 saturated carbocycles. The van der Waals surface area contributed by atoms with E-state index in [1.54, 1.807) is 12.4 Å². The van der Waals surface area contributed by atoms with Crippen molar-refractivity contribution in [2.45, 2.75) is 0 Å². The zero-order chi connectivity index (χ0) is 36.6. The third-order valence-corrected chi connectivity index (χ3v) is 9.63. The molecular formula is C48H30N6O. The first kappa shape index (κ1) is 32.0. The molecular weight excluding hydrogens is 677 g/mol. The summed E-state index contributed by atoms with van der Waals surface area (Å²) < 4.78 is 6.82. The lowest BCUT2D eigenvalue weighted by Gasteiger charge is -2.11. The van der Waals surface area contributed by atoms with Crippen molar-refractivity contribution in [1.82, 2.24) is 29.9 Å². The number of rotatable bonds is 7. The number of nitrogens with zero attached hydrogens (tertiary/aromatic N) is 6. The standard InChI is InChI=1S/C48H30N6O/c1-3-15-31(16-4-1)46-52-47(32-17-5-2-6-18-32)54-48(53-46)36-22-14-20-34(30-36)33-19-13-21-35(29-33)43-42-41(39-25-9-11-27-49-39)45(40-26-10-12-28-50-40)55-44(42)37-23-7-8-24-38(37)51-43/h1-30H. The molecule has 5 aromatic carbocycles. The number of benzene rings is 5. The molecule has 0 fully saturated rings. The maximum atomic E-state index is 6.82. The van der Waals surface area contributed by atoms with Gasteiger partial charge in [0.2, 0.25) is 0 Å². The van der Waals surface area contributed by atoms with Crippen LogP contribution < -0.4 is 0 Å². The minimum Gasteiger partial charge on any atom is -0.453 e. The van der Waals surface area contributed by atoms with E-state index in [2.05, 4.69) is 47.4 Å². The summed E-state index contributed by atoms with van der Waals surface area (Å²) in [5.74, 6) is 2.50. The molecule has 7 nitrogen and oxygen atoms in total. The van der Waals surface area contributed by atoms with E-state index < -0.39 is 0 Å². The molecule has 10 rings (SSSR count). The van der Waals surface area contributed by atoms with Gasteiger partial charge in [-0.1, -0.05) is 121 Å². The van der Waals surface area contributed by atoms with Gasteiger partial charge in [0.15, 0.2) is 23.2 Å². The van der Waals surface area contributed by atoms with Crippen molar-refractivity contribution in [1.29, 1.82) is 0 Å². The van der Waals surface area contributed by atoms with E-state index in [1.807, 2.05) is 127 Å². The van der Waals surface area contributed by atoms with Gasteiger partial charge in [0, 0.05) is 40.0 Å². The first-order valence-electron chi connectivity index (χ1n) is 18.0. The number of hydrogen-bond donors (Lipinski definition) is 0. The smallest absolute Gasteiger partial charge is 0.164 e. The van der Waals surface area contributed by atoms with Gasteiger partial charge in [-0.3, -0.25) is 9.97 Å². The summed E-state index contributed by atoms with van der Waals surface area (Å²) in [5.41, 5.74) is 10.5. The second-order valence-corrected chi connectivity index (χ2v) is 13.1. The van der Waals surface area contributed by atoms with Crippen LogP contribution in [0.1, 0.15) is 0 Å². The van der Waals surface area contributed by atoms with Crippen LogP contribution in [0, 0.1) is 0 Å². The van der Waals surface area contributed by atoms with Crippen LogP contribution in [-0.4, -0.2) is 29.9 Å². The largest absolute Gasteiger partial charge is 0.453 e. The van der Waals surface area contributed by atoms with E-state index in [1.165, 1.54) is 0 Å². The van der Waals surface area contributed by atoms with Crippen LogP contribution in [0.2, 0.25) is 0 Å². The molecule has 0 atom stereocenters. The fourth-order valence-electron chi connectivity index (χ4n) is 7.05. The van der Waals surface area contributed by atoms with Crippen LogP contribution in [0.25, 0.3) is 101 Å². The molecule has 5 aromatic heterocycles. The van der Waals surface area contributed by atoms with Gasteiger partial charge in [-0.2, -0.15) is 0 Å². The van der Waals surface area contributed by atoms with Gasteiger partial charge < -0.3 is 4.42 Å². The molecule has 7 heteroatoms. The summed E-state index contributed by atoms with van der Waals surface area (Å²) in [4.78, 5) is 29.6. The topological polar surface area (TPSA) is 90.5 Å². The summed E-state index contributed by atoms with van der Waals surface area (Å²) in [6.07, 6.45) is 3.58. The number of pyridine rings is 3. The van der Waals surface area contributed by atoms with Crippen molar-refractivity contribution in [3.8, 4) is 79.3 Å². The minimum absolute atomic E-state index is 0.601. The van der Waals surface area contributed by atoms with Crippen LogP contribution in [0.3, 0.4) is 0 Å². The minimum atomic E-state index is 0.601. The van der Waals surface area contributed by atoms with Crippen molar-refractivity contribution in [3.63, 3.8) is 0 Å². The van der Waals surface area contributed by atoms with E-state index in [4.69, 9.17) is 29.3 Å². The Morgan fingerprint density at radius 3 is 1.53 bits per heavy atom. The lowest BCUT2D eigenvalue weighted by molar-refractivity contribution is 0.632. The first-order valence-corrected chi connectivity index (χ1v) is 18.0. The Kier molecular flexibility index (Phi) is 8.00. The number of fused-ring (bicyclic) bond motifs is 3. The Morgan fingerprint density at radius 1 is 0.382 bits per heavy atom. The van der Waals surface area contributed by atoms with Crippen molar-refractivity contribution in [2.24, 2.45) is 0 Å². The highest BCUT2D eigenvalue weighted by atomic mass is 16.3. The van der Waals surface area contributed by atoms with Gasteiger partial charge in [0.25, 0.3) is 0 Å². The van der Waals surface area contributed by atoms with E-state index in [-0.39, 0.29) is 0 Å².